The van der Waals surface area contributed by atoms with Gasteiger partial charge in [-0.3, -0.25) is 4.79 Å². The van der Waals surface area contributed by atoms with Crippen LogP contribution < -0.4 is 10.1 Å². The van der Waals surface area contributed by atoms with Crippen molar-refractivity contribution < 1.29 is 27.1 Å². The van der Waals surface area contributed by atoms with Crippen LogP contribution in [0.4, 0.5) is 4.39 Å². The number of carbonyl (C=O) groups excluding carboxylic acids is 1. The fourth-order valence-corrected chi connectivity index (χ4v) is 4.31. The first-order valence-corrected chi connectivity index (χ1v) is 11.0. The molecule has 1 N–H and O–H groups in total. The second-order valence-corrected chi connectivity index (χ2v) is 8.95. The van der Waals surface area contributed by atoms with Crippen LogP contribution in [0, 0.1) is 5.82 Å². The highest BCUT2D eigenvalue weighted by Gasteiger charge is 2.27. The Balaban J connectivity index is 1.70. The number of aromatic nitrogens is 1. The van der Waals surface area contributed by atoms with Crippen LogP contribution in [-0.4, -0.2) is 56.0 Å². The van der Waals surface area contributed by atoms with Gasteiger partial charge in [0.2, 0.25) is 15.9 Å². The number of pyridine rings is 1. The molecule has 0 aliphatic carbocycles. The number of halogens is 1. The molecule has 1 aromatic carbocycles. The van der Waals surface area contributed by atoms with Gasteiger partial charge in [0.05, 0.1) is 29.8 Å². The molecule has 1 aliphatic rings. The van der Waals surface area contributed by atoms with Crippen LogP contribution in [0.2, 0.25) is 0 Å². The monoisotopic (exact) mass is 437 g/mol. The zero-order valence-corrected chi connectivity index (χ0v) is 17.6. The van der Waals surface area contributed by atoms with Crippen LogP contribution in [-0.2, 0) is 21.3 Å². The highest BCUT2D eigenvalue weighted by molar-refractivity contribution is 7.89. The average Bonchev–Trinajstić information content (AvgIpc) is 2.73. The SMILES string of the molecule is CC(C)Oc1ccc(CNC(=O)c2cc(S(=O)(=O)N3CCOCC3)ccc2F)cn1. The molecule has 1 aliphatic heterocycles. The molecule has 0 atom stereocenters. The predicted octanol–water partition coefficient (Wildman–Crippen LogP) is 1.96. The fourth-order valence-electron chi connectivity index (χ4n) is 2.88. The molecular formula is C20H24FN3O5S. The van der Waals surface area contributed by atoms with E-state index in [0.29, 0.717) is 24.7 Å². The second-order valence-electron chi connectivity index (χ2n) is 7.01. The third-order valence-corrected chi connectivity index (χ3v) is 6.29. The molecule has 1 fully saturated rings. The van der Waals surface area contributed by atoms with Gasteiger partial charge in [-0.25, -0.2) is 17.8 Å². The first-order chi connectivity index (χ1) is 14.3. The van der Waals surface area contributed by atoms with E-state index in [9.17, 15) is 17.6 Å². The van der Waals surface area contributed by atoms with Crippen molar-refractivity contribution >= 4 is 15.9 Å². The highest BCUT2D eigenvalue weighted by atomic mass is 32.2. The van der Waals surface area contributed by atoms with Gasteiger partial charge in [0.1, 0.15) is 5.82 Å². The summed E-state index contributed by atoms with van der Waals surface area (Å²) < 4.78 is 51.6. The van der Waals surface area contributed by atoms with E-state index in [1.54, 1.807) is 18.3 Å². The van der Waals surface area contributed by atoms with Gasteiger partial charge in [-0.1, -0.05) is 6.07 Å². The molecule has 0 radical (unpaired) electrons. The summed E-state index contributed by atoms with van der Waals surface area (Å²) in [6.07, 6.45) is 1.54. The summed E-state index contributed by atoms with van der Waals surface area (Å²) in [5, 5.41) is 2.59. The van der Waals surface area contributed by atoms with E-state index in [2.05, 4.69) is 10.3 Å². The molecule has 30 heavy (non-hydrogen) atoms. The first-order valence-electron chi connectivity index (χ1n) is 9.54. The van der Waals surface area contributed by atoms with Crippen molar-refractivity contribution in [2.75, 3.05) is 26.3 Å². The van der Waals surface area contributed by atoms with E-state index in [1.165, 1.54) is 4.31 Å². The topological polar surface area (TPSA) is 97.8 Å². The lowest BCUT2D eigenvalue weighted by Crippen LogP contribution is -2.40. The Kier molecular flexibility index (Phi) is 7.01. The van der Waals surface area contributed by atoms with Gasteiger partial charge in [0, 0.05) is 31.9 Å². The standard InChI is InChI=1S/C20H24FN3O5S/c1-14(2)29-19-6-3-15(12-22-19)13-23-20(25)17-11-16(4-5-18(17)21)30(26,27)24-7-9-28-10-8-24/h3-6,11-12,14H,7-10,13H2,1-2H3,(H,23,25). The van der Waals surface area contributed by atoms with Crippen LogP contribution in [0.3, 0.4) is 0 Å². The van der Waals surface area contributed by atoms with E-state index in [-0.39, 0.29) is 36.2 Å². The number of carbonyl (C=O) groups is 1. The summed E-state index contributed by atoms with van der Waals surface area (Å²) in [6.45, 7) is 4.89. The lowest BCUT2D eigenvalue weighted by atomic mass is 10.2. The molecule has 0 spiro atoms. The molecule has 0 bridgehead atoms. The maximum atomic E-state index is 14.2. The third kappa shape index (κ3) is 5.32. The van der Waals surface area contributed by atoms with Gasteiger partial charge in [0.25, 0.3) is 5.91 Å². The number of amides is 1. The van der Waals surface area contributed by atoms with Crippen molar-refractivity contribution in [2.24, 2.45) is 0 Å². The minimum Gasteiger partial charge on any atom is -0.475 e. The van der Waals surface area contributed by atoms with Gasteiger partial charge < -0.3 is 14.8 Å². The Hall–Kier alpha value is -2.56. The van der Waals surface area contributed by atoms with E-state index in [0.717, 1.165) is 18.2 Å². The maximum absolute atomic E-state index is 14.2. The van der Waals surface area contributed by atoms with Gasteiger partial charge in [-0.05, 0) is 37.6 Å². The summed E-state index contributed by atoms with van der Waals surface area (Å²) in [4.78, 5) is 16.5. The van der Waals surface area contributed by atoms with Crippen LogP contribution in [0.25, 0.3) is 0 Å². The predicted molar refractivity (Wildman–Crippen MR) is 107 cm³/mol. The molecule has 1 saturated heterocycles. The Morgan fingerprint density at radius 2 is 2.00 bits per heavy atom. The Morgan fingerprint density at radius 3 is 2.63 bits per heavy atom. The van der Waals surface area contributed by atoms with Gasteiger partial charge in [0.15, 0.2) is 0 Å². The number of nitrogens with zero attached hydrogens (tertiary/aromatic N) is 2. The smallest absolute Gasteiger partial charge is 0.254 e. The van der Waals surface area contributed by atoms with Crippen molar-refractivity contribution in [1.29, 1.82) is 0 Å². The first kappa shape index (κ1) is 22.1. The van der Waals surface area contributed by atoms with Crippen LogP contribution >= 0.6 is 0 Å². The molecule has 2 heterocycles. The van der Waals surface area contributed by atoms with Gasteiger partial charge in [-0.15, -0.1) is 0 Å². The lowest BCUT2D eigenvalue weighted by Gasteiger charge is -2.26. The Labute approximate surface area is 175 Å². The second kappa shape index (κ2) is 9.50. The molecule has 10 heteroatoms. The largest absolute Gasteiger partial charge is 0.475 e. The number of hydrogen-bond donors (Lipinski definition) is 1. The van der Waals surface area contributed by atoms with E-state index in [1.807, 2.05) is 13.8 Å². The third-order valence-electron chi connectivity index (χ3n) is 4.40. The molecule has 3 rings (SSSR count). The molecular weight excluding hydrogens is 413 g/mol. The molecule has 1 amide bonds. The summed E-state index contributed by atoms with van der Waals surface area (Å²) in [5.74, 6) is -1.05. The van der Waals surface area contributed by atoms with Crippen molar-refractivity contribution in [1.82, 2.24) is 14.6 Å². The Bertz CT molecular complexity index is 990. The van der Waals surface area contributed by atoms with Gasteiger partial charge >= 0.3 is 0 Å². The van der Waals surface area contributed by atoms with Crippen molar-refractivity contribution in [3.05, 3.63) is 53.5 Å². The minimum atomic E-state index is -3.83. The molecule has 2 aromatic rings. The van der Waals surface area contributed by atoms with Crippen molar-refractivity contribution in [3.63, 3.8) is 0 Å². The maximum Gasteiger partial charge on any atom is 0.254 e. The number of nitrogens with one attached hydrogen (secondary N) is 1. The van der Waals surface area contributed by atoms with Crippen molar-refractivity contribution in [3.8, 4) is 5.88 Å². The quantitative estimate of drug-likeness (QED) is 0.711. The van der Waals surface area contributed by atoms with Crippen LogP contribution in [0.5, 0.6) is 5.88 Å². The number of rotatable bonds is 7. The molecule has 8 nitrogen and oxygen atoms in total. The average molecular weight is 437 g/mol. The zero-order chi connectivity index (χ0) is 21.7. The number of sulfonamides is 1. The summed E-state index contributed by atoms with van der Waals surface area (Å²) in [6, 6.07) is 6.63. The van der Waals surface area contributed by atoms with E-state index in [4.69, 9.17) is 9.47 Å². The highest BCUT2D eigenvalue weighted by Crippen LogP contribution is 2.20. The lowest BCUT2D eigenvalue weighted by molar-refractivity contribution is 0.0730. The number of hydrogen-bond acceptors (Lipinski definition) is 6. The number of ether oxygens (including phenoxy) is 2. The van der Waals surface area contributed by atoms with Crippen LogP contribution in [0.1, 0.15) is 29.8 Å². The normalized spacial score (nSPS) is 15.2. The van der Waals surface area contributed by atoms with Crippen LogP contribution in [0.15, 0.2) is 41.4 Å². The number of morpholine rings is 1. The summed E-state index contributed by atoms with van der Waals surface area (Å²) in [7, 11) is -3.83. The van der Waals surface area contributed by atoms with Gasteiger partial charge in [-0.2, -0.15) is 4.31 Å². The zero-order valence-electron chi connectivity index (χ0n) is 16.8. The fraction of sp³-hybridized carbons (Fsp3) is 0.400. The molecule has 0 saturated carbocycles. The Morgan fingerprint density at radius 1 is 1.27 bits per heavy atom. The number of benzene rings is 1. The minimum absolute atomic E-state index is 0.00737. The molecule has 0 unspecified atom stereocenters. The summed E-state index contributed by atoms with van der Waals surface area (Å²) in [5.41, 5.74) is 0.356. The van der Waals surface area contributed by atoms with E-state index < -0.39 is 21.7 Å². The molecule has 1 aromatic heterocycles. The molecule has 162 valence electrons. The van der Waals surface area contributed by atoms with Crippen molar-refractivity contribution in [2.45, 2.75) is 31.4 Å². The summed E-state index contributed by atoms with van der Waals surface area (Å²) >= 11 is 0. The van der Waals surface area contributed by atoms with E-state index >= 15 is 0 Å².